The molecule has 3 aromatic carbocycles. The zero-order valence-electron chi connectivity index (χ0n) is 17.6. The molecule has 0 saturated heterocycles. The van der Waals surface area contributed by atoms with E-state index in [9.17, 15) is 0 Å². The molecule has 6 heteroatoms. The first kappa shape index (κ1) is 20.8. The van der Waals surface area contributed by atoms with Gasteiger partial charge in [-0.15, -0.1) is 0 Å². The monoisotopic (exact) mass is 434 g/mol. The lowest BCUT2D eigenvalue weighted by atomic mass is 10.0. The summed E-state index contributed by atoms with van der Waals surface area (Å²) in [6.45, 7) is 0.594. The number of rotatable bonds is 7. The minimum Gasteiger partial charge on any atom is -0.497 e. The van der Waals surface area contributed by atoms with E-state index in [1.165, 1.54) is 0 Å². The second-order valence-corrected chi connectivity index (χ2v) is 7.40. The molecule has 0 fully saturated rings. The van der Waals surface area contributed by atoms with Crippen LogP contribution < -0.4 is 19.5 Å². The van der Waals surface area contributed by atoms with Gasteiger partial charge in [0.1, 0.15) is 17.2 Å². The molecule has 1 aromatic heterocycles. The molecule has 0 bridgehead atoms. The van der Waals surface area contributed by atoms with Crippen molar-refractivity contribution in [3.63, 3.8) is 0 Å². The van der Waals surface area contributed by atoms with E-state index in [2.05, 4.69) is 16.4 Å². The highest BCUT2D eigenvalue weighted by Crippen LogP contribution is 2.35. The number of aromatic nitrogens is 1. The lowest BCUT2D eigenvalue weighted by molar-refractivity contribution is 0.391. The number of methoxy groups -OCH3 is 3. The molecule has 4 aromatic rings. The topological polar surface area (TPSA) is 52.6 Å². The van der Waals surface area contributed by atoms with E-state index in [1.54, 1.807) is 27.5 Å². The summed E-state index contributed by atoms with van der Waals surface area (Å²) >= 11 is 6.24. The fourth-order valence-corrected chi connectivity index (χ4v) is 3.73. The van der Waals surface area contributed by atoms with Gasteiger partial charge in [0.25, 0.3) is 0 Å². The van der Waals surface area contributed by atoms with Crippen molar-refractivity contribution >= 4 is 28.2 Å². The van der Waals surface area contributed by atoms with Gasteiger partial charge in [0.05, 0.1) is 26.8 Å². The molecule has 0 radical (unpaired) electrons. The Balaban J connectivity index is 1.70. The first-order chi connectivity index (χ1) is 15.1. The average molecular weight is 435 g/mol. The summed E-state index contributed by atoms with van der Waals surface area (Å²) in [5.41, 5.74) is 4.84. The maximum Gasteiger partial charge on any atom is 0.127 e. The van der Waals surface area contributed by atoms with Crippen molar-refractivity contribution in [1.29, 1.82) is 0 Å². The molecular weight excluding hydrogens is 412 g/mol. The van der Waals surface area contributed by atoms with Crippen LogP contribution in [0, 0.1) is 0 Å². The van der Waals surface area contributed by atoms with Crippen LogP contribution in [0.25, 0.3) is 22.0 Å². The second-order valence-electron chi connectivity index (χ2n) is 6.97. The Kier molecular flexibility index (Phi) is 6.14. The fraction of sp³-hybridized carbons (Fsp3) is 0.160. The van der Waals surface area contributed by atoms with Gasteiger partial charge >= 0.3 is 0 Å². The van der Waals surface area contributed by atoms with E-state index in [1.807, 2.05) is 54.6 Å². The van der Waals surface area contributed by atoms with E-state index < -0.39 is 0 Å². The van der Waals surface area contributed by atoms with Crippen LogP contribution >= 0.6 is 11.6 Å². The smallest absolute Gasteiger partial charge is 0.127 e. The second kappa shape index (κ2) is 9.14. The highest BCUT2D eigenvalue weighted by atomic mass is 35.5. The molecule has 0 unspecified atom stereocenters. The number of anilines is 1. The molecule has 0 aliphatic rings. The Morgan fingerprint density at radius 2 is 1.68 bits per heavy atom. The zero-order valence-corrected chi connectivity index (χ0v) is 18.4. The van der Waals surface area contributed by atoms with Crippen LogP contribution in [0.5, 0.6) is 17.2 Å². The quantitative estimate of drug-likeness (QED) is 0.375. The van der Waals surface area contributed by atoms with Crippen LogP contribution in [0.4, 0.5) is 5.69 Å². The van der Waals surface area contributed by atoms with Gasteiger partial charge in [-0.2, -0.15) is 0 Å². The standard InChI is InChI=1S/C25H23ClN2O3/c1-29-19-7-4-17(25(14-19)31-3)15-28-23-10-11-27-22-8-5-16(12-21(22)23)20-13-18(26)6-9-24(20)30-2/h4-14H,15H2,1-3H3,(H,27,28). The van der Waals surface area contributed by atoms with Crippen molar-refractivity contribution in [3.8, 4) is 28.4 Å². The number of nitrogens with zero attached hydrogens (tertiary/aromatic N) is 1. The lowest BCUT2D eigenvalue weighted by Gasteiger charge is -2.14. The van der Waals surface area contributed by atoms with Crippen LogP contribution in [0.3, 0.4) is 0 Å². The summed E-state index contributed by atoms with van der Waals surface area (Å²) < 4.78 is 16.3. The molecule has 0 spiro atoms. The van der Waals surface area contributed by atoms with Gasteiger partial charge in [0.15, 0.2) is 0 Å². The van der Waals surface area contributed by atoms with Crippen LogP contribution in [-0.4, -0.2) is 26.3 Å². The summed E-state index contributed by atoms with van der Waals surface area (Å²) in [6.07, 6.45) is 1.80. The summed E-state index contributed by atoms with van der Waals surface area (Å²) in [6, 6.07) is 19.5. The Morgan fingerprint density at radius 3 is 2.45 bits per heavy atom. The minimum atomic E-state index is 0.594. The van der Waals surface area contributed by atoms with Crippen molar-refractivity contribution in [2.45, 2.75) is 6.54 Å². The first-order valence-electron chi connectivity index (χ1n) is 9.80. The van der Waals surface area contributed by atoms with Gasteiger partial charge in [0, 0.05) is 46.0 Å². The van der Waals surface area contributed by atoms with Crippen LogP contribution in [0.2, 0.25) is 5.02 Å². The number of hydrogen-bond acceptors (Lipinski definition) is 5. The Bertz CT molecular complexity index is 1230. The van der Waals surface area contributed by atoms with Gasteiger partial charge in [-0.1, -0.05) is 17.7 Å². The number of nitrogens with one attached hydrogen (secondary N) is 1. The Morgan fingerprint density at radius 1 is 0.839 bits per heavy atom. The molecule has 0 saturated carbocycles. The van der Waals surface area contributed by atoms with E-state index in [0.717, 1.165) is 50.5 Å². The number of fused-ring (bicyclic) bond motifs is 1. The molecule has 31 heavy (non-hydrogen) atoms. The third-order valence-corrected chi connectivity index (χ3v) is 5.41. The summed E-state index contributed by atoms with van der Waals surface area (Å²) in [5, 5.41) is 5.18. The van der Waals surface area contributed by atoms with E-state index in [0.29, 0.717) is 11.6 Å². The van der Waals surface area contributed by atoms with Crippen molar-refractivity contribution < 1.29 is 14.2 Å². The van der Waals surface area contributed by atoms with Gasteiger partial charge in [-0.25, -0.2) is 0 Å². The predicted octanol–water partition coefficient (Wildman–Crippen LogP) is 6.19. The zero-order chi connectivity index (χ0) is 21.8. The highest BCUT2D eigenvalue weighted by molar-refractivity contribution is 6.31. The molecule has 158 valence electrons. The number of halogens is 1. The van der Waals surface area contributed by atoms with E-state index in [-0.39, 0.29) is 0 Å². The molecule has 1 heterocycles. The third-order valence-electron chi connectivity index (χ3n) is 5.18. The Labute approximate surface area is 186 Å². The van der Waals surface area contributed by atoms with Crippen molar-refractivity contribution in [2.75, 3.05) is 26.6 Å². The molecule has 0 atom stereocenters. The lowest BCUT2D eigenvalue weighted by Crippen LogP contribution is -2.03. The SMILES string of the molecule is COc1ccc(CNc2ccnc3ccc(-c4cc(Cl)ccc4OC)cc23)c(OC)c1. The van der Waals surface area contributed by atoms with Gasteiger partial charge in [-0.05, 0) is 54.1 Å². The minimum absolute atomic E-state index is 0.594. The van der Waals surface area contributed by atoms with E-state index in [4.69, 9.17) is 25.8 Å². The van der Waals surface area contributed by atoms with Gasteiger partial charge in [-0.3, -0.25) is 4.98 Å². The normalized spacial score (nSPS) is 10.7. The average Bonchev–Trinajstić information content (AvgIpc) is 2.82. The number of pyridine rings is 1. The summed E-state index contributed by atoms with van der Waals surface area (Å²) in [4.78, 5) is 4.51. The number of hydrogen-bond donors (Lipinski definition) is 1. The van der Waals surface area contributed by atoms with Crippen molar-refractivity contribution in [1.82, 2.24) is 4.98 Å². The van der Waals surface area contributed by atoms with Gasteiger partial charge in [0.2, 0.25) is 0 Å². The first-order valence-corrected chi connectivity index (χ1v) is 10.2. The summed E-state index contributed by atoms with van der Waals surface area (Å²) in [5.74, 6) is 2.30. The van der Waals surface area contributed by atoms with Gasteiger partial charge < -0.3 is 19.5 Å². The molecule has 5 nitrogen and oxygen atoms in total. The molecular formula is C25H23ClN2O3. The van der Waals surface area contributed by atoms with E-state index >= 15 is 0 Å². The highest BCUT2D eigenvalue weighted by Gasteiger charge is 2.11. The molecule has 1 N–H and O–H groups in total. The van der Waals surface area contributed by atoms with Crippen LogP contribution in [0.15, 0.2) is 66.9 Å². The van der Waals surface area contributed by atoms with Crippen LogP contribution in [0.1, 0.15) is 5.56 Å². The van der Waals surface area contributed by atoms with Crippen LogP contribution in [-0.2, 0) is 6.54 Å². The maximum absolute atomic E-state index is 6.24. The van der Waals surface area contributed by atoms with Crippen molar-refractivity contribution in [3.05, 3.63) is 77.4 Å². The molecule has 0 aliphatic carbocycles. The third kappa shape index (κ3) is 4.37. The molecule has 0 amide bonds. The molecule has 0 aliphatic heterocycles. The number of benzene rings is 3. The fourth-order valence-electron chi connectivity index (χ4n) is 3.56. The largest absolute Gasteiger partial charge is 0.497 e. The summed E-state index contributed by atoms with van der Waals surface area (Å²) in [7, 11) is 4.96. The predicted molar refractivity (Wildman–Crippen MR) is 126 cm³/mol. The Hall–Kier alpha value is -3.44. The maximum atomic E-state index is 6.24. The van der Waals surface area contributed by atoms with Crippen molar-refractivity contribution in [2.24, 2.45) is 0 Å². The molecule has 4 rings (SSSR count). The number of ether oxygens (including phenoxy) is 3.